The first-order valence-electron chi connectivity index (χ1n) is 2.51. The minimum atomic E-state index is 0.562. The fourth-order valence-electron chi connectivity index (χ4n) is 0.529. The zero-order valence-electron chi connectivity index (χ0n) is 4.74. The number of nitrogens with zero attached hydrogens (tertiary/aromatic N) is 2. The minimum Gasteiger partial charge on any atom is -0.164 e. The number of hydrogen-bond donors (Lipinski definition) is 0. The van der Waals surface area contributed by atoms with E-state index in [1.165, 1.54) is 0 Å². The monoisotopic (exact) mass is 128 g/mol. The molecule has 0 saturated heterocycles. The molecule has 0 aromatic rings. The van der Waals surface area contributed by atoms with Crippen LogP contribution >= 0.6 is 11.8 Å². The SMILES string of the molecule is CSC1C=NN=CC1. The smallest absolute Gasteiger partial charge is 0.0466 e. The summed E-state index contributed by atoms with van der Waals surface area (Å²) in [6.07, 6.45) is 6.84. The van der Waals surface area contributed by atoms with Crippen molar-refractivity contribution in [2.45, 2.75) is 11.7 Å². The van der Waals surface area contributed by atoms with E-state index >= 15 is 0 Å². The maximum Gasteiger partial charge on any atom is 0.0466 e. The third-order valence-electron chi connectivity index (χ3n) is 1.02. The van der Waals surface area contributed by atoms with E-state index in [1.807, 2.05) is 12.4 Å². The van der Waals surface area contributed by atoms with E-state index in [2.05, 4.69) is 16.5 Å². The molecule has 1 heterocycles. The van der Waals surface area contributed by atoms with Crippen LogP contribution in [0.25, 0.3) is 0 Å². The molecule has 0 radical (unpaired) electrons. The third kappa shape index (κ3) is 1.33. The molecule has 0 saturated carbocycles. The molecule has 1 unspecified atom stereocenters. The van der Waals surface area contributed by atoms with E-state index in [9.17, 15) is 0 Å². The quantitative estimate of drug-likeness (QED) is 0.520. The Morgan fingerprint density at radius 2 is 2.50 bits per heavy atom. The van der Waals surface area contributed by atoms with E-state index in [0.717, 1.165) is 6.42 Å². The second kappa shape index (κ2) is 2.87. The van der Waals surface area contributed by atoms with Gasteiger partial charge in [0.15, 0.2) is 0 Å². The molecule has 1 aliphatic rings. The topological polar surface area (TPSA) is 24.7 Å². The Morgan fingerprint density at radius 3 is 2.88 bits per heavy atom. The lowest BCUT2D eigenvalue weighted by Gasteiger charge is -2.04. The minimum absolute atomic E-state index is 0.562. The highest BCUT2D eigenvalue weighted by molar-refractivity contribution is 7.99. The van der Waals surface area contributed by atoms with Gasteiger partial charge in [0.05, 0.1) is 0 Å². The highest BCUT2D eigenvalue weighted by Gasteiger charge is 2.02. The average molecular weight is 128 g/mol. The van der Waals surface area contributed by atoms with E-state index in [0.29, 0.717) is 5.25 Å². The summed E-state index contributed by atoms with van der Waals surface area (Å²) >= 11 is 1.81. The summed E-state index contributed by atoms with van der Waals surface area (Å²) < 4.78 is 0. The molecule has 0 aromatic heterocycles. The van der Waals surface area contributed by atoms with Gasteiger partial charge in [-0.05, 0) is 6.26 Å². The van der Waals surface area contributed by atoms with Crippen LogP contribution in [0.5, 0.6) is 0 Å². The zero-order chi connectivity index (χ0) is 5.82. The Bertz CT molecular complexity index is 120. The van der Waals surface area contributed by atoms with Crippen molar-refractivity contribution in [1.29, 1.82) is 0 Å². The summed E-state index contributed by atoms with van der Waals surface area (Å²) in [7, 11) is 0. The molecule has 0 bridgehead atoms. The number of hydrogen-bond acceptors (Lipinski definition) is 3. The van der Waals surface area contributed by atoms with Crippen LogP contribution in [0.4, 0.5) is 0 Å². The third-order valence-corrected chi connectivity index (χ3v) is 1.94. The maximum absolute atomic E-state index is 3.75. The lowest BCUT2D eigenvalue weighted by atomic mass is 10.3. The van der Waals surface area contributed by atoms with E-state index in [-0.39, 0.29) is 0 Å². The van der Waals surface area contributed by atoms with Gasteiger partial charge in [0.1, 0.15) is 0 Å². The lowest BCUT2D eigenvalue weighted by molar-refractivity contribution is 1.11. The molecule has 1 aliphatic heterocycles. The van der Waals surface area contributed by atoms with Crippen molar-refractivity contribution < 1.29 is 0 Å². The highest BCUT2D eigenvalue weighted by Crippen LogP contribution is 2.08. The molecular weight excluding hydrogens is 120 g/mol. The van der Waals surface area contributed by atoms with Crippen LogP contribution in [0.2, 0.25) is 0 Å². The van der Waals surface area contributed by atoms with Crippen molar-refractivity contribution in [3.8, 4) is 0 Å². The van der Waals surface area contributed by atoms with Gasteiger partial charge in [0, 0.05) is 24.1 Å². The Hall–Kier alpha value is -0.310. The van der Waals surface area contributed by atoms with Crippen LogP contribution in [0.1, 0.15) is 6.42 Å². The first-order chi connectivity index (χ1) is 3.93. The summed E-state index contributed by atoms with van der Waals surface area (Å²) in [4.78, 5) is 0. The molecule has 0 amide bonds. The first-order valence-corrected chi connectivity index (χ1v) is 3.80. The Kier molecular flexibility index (Phi) is 2.09. The molecule has 0 aliphatic carbocycles. The summed E-state index contributed by atoms with van der Waals surface area (Å²) in [6, 6.07) is 0. The molecule has 0 N–H and O–H groups in total. The van der Waals surface area contributed by atoms with Gasteiger partial charge in [0.25, 0.3) is 0 Å². The molecular formula is C5H8N2S. The number of rotatable bonds is 1. The normalized spacial score (nSPS) is 26.4. The van der Waals surface area contributed by atoms with Gasteiger partial charge >= 0.3 is 0 Å². The second-order valence-corrected chi connectivity index (χ2v) is 2.65. The highest BCUT2D eigenvalue weighted by atomic mass is 32.2. The summed E-state index contributed by atoms with van der Waals surface area (Å²) in [5, 5.41) is 8.02. The predicted octanol–water partition coefficient (Wildman–Crippen LogP) is 1.18. The van der Waals surface area contributed by atoms with Crippen LogP contribution in [0, 0.1) is 0 Å². The number of thioether (sulfide) groups is 1. The molecule has 3 heteroatoms. The Morgan fingerprint density at radius 1 is 1.62 bits per heavy atom. The molecule has 44 valence electrons. The standard InChI is InChI=1S/C5H8N2S/c1-8-5-2-3-6-7-4-5/h3-5H,2H2,1H3. The van der Waals surface area contributed by atoms with E-state index in [1.54, 1.807) is 11.8 Å². The van der Waals surface area contributed by atoms with Crippen molar-refractivity contribution in [2.24, 2.45) is 10.2 Å². The van der Waals surface area contributed by atoms with Crippen LogP contribution in [0.3, 0.4) is 0 Å². The van der Waals surface area contributed by atoms with Gasteiger partial charge in [0.2, 0.25) is 0 Å². The molecule has 1 rings (SSSR count). The largest absolute Gasteiger partial charge is 0.164 e. The summed E-state index contributed by atoms with van der Waals surface area (Å²) in [5.74, 6) is 0. The van der Waals surface area contributed by atoms with Crippen molar-refractivity contribution in [2.75, 3.05) is 6.26 Å². The molecule has 0 aromatic carbocycles. The van der Waals surface area contributed by atoms with Gasteiger partial charge in [-0.3, -0.25) is 0 Å². The van der Waals surface area contributed by atoms with Gasteiger partial charge in [-0.15, -0.1) is 0 Å². The average Bonchev–Trinajstić information content (AvgIpc) is 1.90. The molecule has 0 fully saturated rings. The predicted molar refractivity (Wildman–Crippen MR) is 38.9 cm³/mol. The summed E-state index contributed by atoms with van der Waals surface area (Å²) in [6.45, 7) is 0. The maximum atomic E-state index is 3.75. The van der Waals surface area contributed by atoms with Gasteiger partial charge in [-0.1, -0.05) is 0 Å². The van der Waals surface area contributed by atoms with Crippen molar-refractivity contribution in [1.82, 2.24) is 0 Å². The fourth-order valence-corrected chi connectivity index (χ4v) is 0.984. The summed E-state index contributed by atoms with van der Waals surface area (Å²) in [5.41, 5.74) is 0. The van der Waals surface area contributed by atoms with Crippen molar-refractivity contribution >= 4 is 24.2 Å². The van der Waals surface area contributed by atoms with Crippen molar-refractivity contribution in [3.63, 3.8) is 0 Å². The fraction of sp³-hybridized carbons (Fsp3) is 0.600. The van der Waals surface area contributed by atoms with Gasteiger partial charge < -0.3 is 0 Å². The van der Waals surface area contributed by atoms with Crippen LogP contribution < -0.4 is 0 Å². The Balaban J connectivity index is 2.40. The second-order valence-electron chi connectivity index (χ2n) is 1.57. The van der Waals surface area contributed by atoms with Crippen LogP contribution in [-0.2, 0) is 0 Å². The molecule has 8 heavy (non-hydrogen) atoms. The van der Waals surface area contributed by atoms with Crippen molar-refractivity contribution in [3.05, 3.63) is 0 Å². The van der Waals surface area contributed by atoms with Gasteiger partial charge in [-0.2, -0.15) is 22.0 Å². The molecule has 1 atom stereocenters. The molecule has 0 spiro atoms. The molecule has 2 nitrogen and oxygen atoms in total. The van der Waals surface area contributed by atoms with E-state index in [4.69, 9.17) is 0 Å². The van der Waals surface area contributed by atoms with E-state index < -0.39 is 0 Å². The first kappa shape index (κ1) is 5.82. The van der Waals surface area contributed by atoms with Gasteiger partial charge in [-0.25, -0.2) is 0 Å². The van der Waals surface area contributed by atoms with Crippen LogP contribution in [-0.4, -0.2) is 23.9 Å². The Labute approximate surface area is 53.1 Å². The zero-order valence-corrected chi connectivity index (χ0v) is 5.56. The lowest BCUT2D eigenvalue weighted by Crippen LogP contribution is -2.06. The van der Waals surface area contributed by atoms with Crippen LogP contribution in [0.15, 0.2) is 10.2 Å².